The molecule has 0 spiro atoms. The number of benzene rings is 2. The maximum Gasteiger partial charge on any atom is 0.251 e. The summed E-state index contributed by atoms with van der Waals surface area (Å²) in [7, 11) is 1.53. The Bertz CT molecular complexity index is 967. The average Bonchev–Trinajstić information content (AvgIpc) is 3.31. The quantitative estimate of drug-likeness (QED) is 0.615. The molecule has 30 heavy (non-hydrogen) atoms. The Balaban J connectivity index is 1.55. The maximum atomic E-state index is 13.8. The van der Waals surface area contributed by atoms with E-state index in [2.05, 4.69) is 11.0 Å². The van der Waals surface area contributed by atoms with E-state index in [9.17, 15) is 13.2 Å². The molecule has 1 aliphatic carbocycles. The lowest BCUT2D eigenvalue weighted by Crippen LogP contribution is -2.45. The molecule has 158 valence electrons. The van der Waals surface area contributed by atoms with Crippen LogP contribution in [0.25, 0.3) is 11.1 Å². The van der Waals surface area contributed by atoms with Gasteiger partial charge in [0, 0.05) is 43.1 Å². The summed E-state index contributed by atoms with van der Waals surface area (Å²) in [5, 5.41) is 9.01. The molecule has 1 saturated heterocycles. The van der Waals surface area contributed by atoms with Gasteiger partial charge in [-0.1, -0.05) is 6.07 Å². The summed E-state index contributed by atoms with van der Waals surface area (Å²) < 4.78 is 51.3. The first-order valence-corrected chi connectivity index (χ1v) is 9.99. The number of alkyl halides is 2. The molecule has 0 aromatic heterocycles. The highest BCUT2D eigenvalue weighted by atomic mass is 19.3. The highest BCUT2D eigenvalue weighted by Gasteiger charge is 2.56. The lowest BCUT2D eigenvalue weighted by atomic mass is 9.98. The highest BCUT2D eigenvalue weighted by molar-refractivity contribution is 5.72. The Hall–Kier alpha value is -2.72. The van der Waals surface area contributed by atoms with Crippen LogP contribution in [0.4, 0.5) is 13.2 Å². The minimum Gasteiger partial charge on any atom is -0.496 e. The number of halogens is 3. The van der Waals surface area contributed by atoms with Crippen LogP contribution in [0.1, 0.15) is 18.4 Å². The third-order valence-electron chi connectivity index (χ3n) is 5.75. The van der Waals surface area contributed by atoms with Gasteiger partial charge in [0.15, 0.2) is 0 Å². The van der Waals surface area contributed by atoms with E-state index < -0.39 is 11.8 Å². The fourth-order valence-corrected chi connectivity index (χ4v) is 3.83. The van der Waals surface area contributed by atoms with Gasteiger partial charge in [0.2, 0.25) is 0 Å². The Morgan fingerprint density at radius 1 is 1.17 bits per heavy atom. The number of rotatable bonds is 8. The van der Waals surface area contributed by atoms with Gasteiger partial charge in [0.05, 0.1) is 25.7 Å². The van der Waals surface area contributed by atoms with E-state index in [0.29, 0.717) is 43.1 Å². The molecule has 2 fully saturated rings. The van der Waals surface area contributed by atoms with E-state index in [1.54, 1.807) is 12.1 Å². The van der Waals surface area contributed by atoms with Gasteiger partial charge in [-0.3, -0.25) is 4.90 Å². The maximum absolute atomic E-state index is 13.8. The standard InChI is InChI=1S/C23H23F3N2O2/c1-29-22-5-3-19(24)9-20(22)16-2-4-21(30-7-6-18-10-23(18,25)26)17(8-16)14-28-12-15(11-27)13-28/h2-5,8-9,15,18H,6-7,10,12-14H2,1H3. The van der Waals surface area contributed by atoms with Crippen molar-refractivity contribution in [3.63, 3.8) is 0 Å². The lowest BCUT2D eigenvalue weighted by molar-refractivity contribution is 0.0927. The summed E-state index contributed by atoms with van der Waals surface area (Å²) >= 11 is 0. The molecule has 2 aliphatic rings. The number of likely N-dealkylation sites (tertiary alicyclic amines) is 1. The summed E-state index contributed by atoms with van der Waals surface area (Å²) in [5.74, 6) is -2.30. The van der Waals surface area contributed by atoms with Gasteiger partial charge < -0.3 is 9.47 Å². The molecule has 2 aromatic rings. The van der Waals surface area contributed by atoms with Gasteiger partial charge in [0.25, 0.3) is 5.92 Å². The summed E-state index contributed by atoms with van der Waals surface area (Å²) in [4.78, 5) is 2.12. The van der Waals surface area contributed by atoms with E-state index in [0.717, 1.165) is 11.1 Å². The molecule has 0 N–H and O–H groups in total. The lowest BCUT2D eigenvalue weighted by Gasteiger charge is -2.35. The zero-order chi connectivity index (χ0) is 21.3. The molecule has 0 amide bonds. The van der Waals surface area contributed by atoms with Crippen LogP contribution in [0.3, 0.4) is 0 Å². The largest absolute Gasteiger partial charge is 0.496 e. The van der Waals surface area contributed by atoms with E-state index >= 15 is 0 Å². The average molecular weight is 416 g/mol. The second kappa shape index (κ2) is 8.19. The van der Waals surface area contributed by atoms with Crippen LogP contribution >= 0.6 is 0 Å². The Morgan fingerprint density at radius 3 is 2.57 bits per heavy atom. The fraction of sp³-hybridized carbons (Fsp3) is 0.435. The van der Waals surface area contributed by atoms with Crippen LogP contribution in [0.5, 0.6) is 11.5 Å². The first kappa shape index (κ1) is 20.5. The summed E-state index contributed by atoms with van der Waals surface area (Å²) in [6.45, 7) is 2.14. The van der Waals surface area contributed by atoms with Crippen molar-refractivity contribution in [1.29, 1.82) is 5.26 Å². The van der Waals surface area contributed by atoms with Crippen molar-refractivity contribution < 1.29 is 22.6 Å². The highest BCUT2D eigenvalue weighted by Crippen LogP contribution is 2.50. The second-order valence-corrected chi connectivity index (χ2v) is 7.99. The van der Waals surface area contributed by atoms with Crippen molar-refractivity contribution in [2.24, 2.45) is 11.8 Å². The van der Waals surface area contributed by atoms with Crippen molar-refractivity contribution in [1.82, 2.24) is 4.90 Å². The van der Waals surface area contributed by atoms with Crippen molar-refractivity contribution in [2.75, 3.05) is 26.8 Å². The van der Waals surface area contributed by atoms with Crippen LogP contribution in [0.15, 0.2) is 36.4 Å². The molecular weight excluding hydrogens is 393 g/mol. The normalized spacial score (nSPS) is 20.3. The van der Waals surface area contributed by atoms with Gasteiger partial charge in [0.1, 0.15) is 17.3 Å². The van der Waals surface area contributed by atoms with Crippen LogP contribution < -0.4 is 9.47 Å². The number of ether oxygens (including phenoxy) is 2. The molecule has 1 atom stereocenters. The van der Waals surface area contributed by atoms with Crippen molar-refractivity contribution >= 4 is 0 Å². The Labute approximate surface area is 173 Å². The zero-order valence-electron chi connectivity index (χ0n) is 16.7. The third-order valence-corrected chi connectivity index (χ3v) is 5.75. The first-order chi connectivity index (χ1) is 14.4. The van der Waals surface area contributed by atoms with E-state index in [1.807, 2.05) is 12.1 Å². The predicted molar refractivity (Wildman–Crippen MR) is 106 cm³/mol. The monoisotopic (exact) mass is 416 g/mol. The second-order valence-electron chi connectivity index (χ2n) is 7.99. The van der Waals surface area contributed by atoms with Gasteiger partial charge in [-0.15, -0.1) is 0 Å². The topological polar surface area (TPSA) is 45.5 Å². The smallest absolute Gasteiger partial charge is 0.251 e. The zero-order valence-corrected chi connectivity index (χ0v) is 16.7. The molecule has 1 aliphatic heterocycles. The van der Waals surface area contributed by atoms with Crippen molar-refractivity contribution in [3.8, 4) is 28.7 Å². The molecule has 2 aromatic carbocycles. The summed E-state index contributed by atoms with van der Waals surface area (Å²) in [6, 6.07) is 12.1. The Morgan fingerprint density at radius 2 is 1.90 bits per heavy atom. The predicted octanol–water partition coefficient (Wildman–Crippen LogP) is 4.88. The van der Waals surface area contributed by atoms with Gasteiger partial charge >= 0.3 is 0 Å². The Kier molecular flexibility index (Phi) is 5.61. The fourth-order valence-electron chi connectivity index (χ4n) is 3.83. The molecule has 4 nitrogen and oxygen atoms in total. The molecule has 1 unspecified atom stereocenters. The van der Waals surface area contributed by atoms with E-state index in [4.69, 9.17) is 14.7 Å². The van der Waals surface area contributed by atoms with Gasteiger partial charge in [-0.25, -0.2) is 13.2 Å². The molecular formula is C23H23F3N2O2. The SMILES string of the molecule is COc1ccc(F)cc1-c1ccc(OCCC2CC2(F)F)c(CN2CC(C#N)C2)c1. The summed E-state index contributed by atoms with van der Waals surface area (Å²) in [5.41, 5.74) is 2.28. The van der Waals surface area contributed by atoms with Crippen LogP contribution in [0.2, 0.25) is 0 Å². The minimum absolute atomic E-state index is 0.0259. The van der Waals surface area contributed by atoms with Crippen LogP contribution in [-0.2, 0) is 6.54 Å². The van der Waals surface area contributed by atoms with Crippen molar-refractivity contribution in [3.05, 3.63) is 47.8 Å². The molecule has 0 radical (unpaired) electrons. The minimum atomic E-state index is -2.55. The number of nitriles is 1. The number of methoxy groups -OCH3 is 1. The van der Waals surface area contributed by atoms with Crippen LogP contribution in [0, 0.1) is 29.0 Å². The van der Waals surface area contributed by atoms with E-state index in [1.165, 1.54) is 19.2 Å². The van der Waals surface area contributed by atoms with Crippen molar-refractivity contribution in [2.45, 2.75) is 25.3 Å². The number of nitrogens with zero attached hydrogens (tertiary/aromatic N) is 2. The summed E-state index contributed by atoms with van der Waals surface area (Å²) in [6.07, 6.45) is 0.247. The van der Waals surface area contributed by atoms with Gasteiger partial charge in [-0.2, -0.15) is 5.26 Å². The first-order valence-electron chi connectivity index (χ1n) is 9.99. The molecule has 1 saturated carbocycles. The molecule has 7 heteroatoms. The molecule has 0 bridgehead atoms. The molecule has 4 rings (SSSR count). The third kappa shape index (κ3) is 4.39. The van der Waals surface area contributed by atoms with E-state index in [-0.39, 0.29) is 24.8 Å². The molecule has 1 heterocycles. The number of hydrogen-bond donors (Lipinski definition) is 0. The number of hydrogen-bond acceptors (Lipinski definition) is 4. The van der Waals surface area contributed by atoms with Crippen LogP contribution in [-0.4, -0.2) is 37.6 Å². The van der Waals surface area contributed by atoms with Gasteiger partial charge in [-0.05, 0) is 42.3 Å².